The Balaban J connectivity index is 2.19. The van der Waals surface area contributed by atoms with Gasteiger partial charge in [0.1, 0.15) is 5.82 Å². The van der Waals surface area contributed by atoms with Gasteiger partial charge in [-0.1, -0.05) is 11.6 Å². The van der Waals surface area contributed by atoms with E-state index >= 15 is 0 Å². The van der Waals surface area contributed by atoms with Gasteiger partial charge in [-0.3, -0.25) is 4.79 Å². The Morgan fingerprint density at radius 2 is 2.10 bits per heavy atom. The van der Waals surface area contributed by atoms with Crippen LogP contribution in [0.1, 0.15) is 15.2 Å². The number of rotatable bonds is 4. The molecule has 4 nitrogen and oxygen atoms in total. The van der Waals surface area contributed by atoms with Gasteiger partial charge in [-0.05, 0) is 41.3 Å². The maximum atomic E-state index is 13.3. The average Bonchev–Trinajstić information content (AvgIpc) is 2.89. The minimum absolute atomic E-state index is 0.0331. The zero-order valence-corrected chi connectivity index (χ0v) is 12.0. The standard InChI is InChI=1S/C14H9ClFNO3S/c15-10-3-2-9(7-11(10)16)17-14(20)13-8(5-6-21-13)1-4-12(18)19/h1-7H,(H,17,20)(H,18,19). The van der Waals surface area contributed by atoms with Crippen molar-refractivity contribution in [2.75, 3.05) is 5.32 Å². The summed E-state index contributed by atoms with van der Waals surface area (Å²) in [5.74, 6) is -2.18. The molecule has 0 aliphatic carbocycles. The Hall–Kier alpha value is -2.18. The molecule has 0 spiro atoms. The van der Waals surface area contributed by atoms with Crippen LogP contribution in [-0.2, 0) is 4.79 Å². The summed E-state index contributed by atoms with van der Waals surface area (Å²) >= 11 is 6.72. The molecule has 0 saturated carbocycles. The maximum absolute atomic E-state index is 13.3. The smallest absolute Gasteiger partial charge is 0.328 e. The Bertz CT molecular complexity index is 727. The van der Waals surface area contributed by atoms with Gasteiger partial charge in [0.25, 0.3) is 5.91 Å². The number of carbonyl (C=O) groups excluding carboxylic acids is 1. The average molecular weight is 326 g/mol. The maximum Gasteiger partial charge on any atom is 0.328 e. The lowest BCUT2D eigenvalue weighted by molar-refractivity contribution is -0.131. The first-order valence-electron chi connectivity index (χ1n) is 5.72. The van der Waals surface area contributed by atoms with E-state index in [1.807, 2.05) is 0 Å². The van der Waals surface area contributed by atoms with Gasteiger partial charge in [-0.2, -0.15) is 0 Å². The van der Waals surface area contributed by atoms with Crippen molar-refractivity contribution in [3.63, 3.8) is 0 Å². The van der Waals surface area contributed by atoms with E-state index in [0.29, 0.717) is 10.4 Å². The van der Waals surface area contributed by atoms with Crippen LogP contribution in [0, 0.1) is 5.82 Å². The highest BCUT2D eigenvalue weighted by Gasteiger charge is 2.13. The molecular weight excluding hydrogens is 317 g/mol. The van der Waals surface area contributed by atoms with E-state index in [1.165, 1.54) is 18.2 Å². The quantitative estimate of drug-likeness (QED) is 0.838. The zero-order chi connectivity index (χ0) is 15.4. The fourth-order valence-corrected chi connectivity index (χ4v) is 2.46. The van der Waals surface area contributed by atoms with Crippen molar-refractivity contribution in [2.45, 2.75) is 0 Å². The number of hydrogen-bond acceptors (Lipinski definition) is 3. The molecule has 2 N–H and O–H groups in total. The largest absolute Gasteiger partial charge is 0.478 e. The molecule has 1 aromatic carbocycles. The summed E-state index contributed by atoms with van der Waals surface area (Å²) in [4.78, 5) is 22.9. The molecule has 1 heterocycles. The molecule has 108 valence electrons. The lowest BCUT2D eigenvalue weighted by atomic mass is 10.2. The minimum atomic E-state index is -1.10. The third-order valence-corrected chi connectivity index (χ3v) is 3.72. The molecule has 0 bridgehead atoms. The second-order valence-electron chi connectivity index (χ2n) is 3.96. The summed E-state index contributed by atoms with van der Waals surface area (Å²) in [6.45, 7) is 0. The monoisotopic (exact) mass is 325 g/mol. The lowest BCUT2D eigenvalue weighted by Gasteiger charge is -2.05. The van der Waals surface area contributed by atoms with Gasteiger partial charge < -0.3 is 10.4 Å². The second kappa shape index (κ2) is 6.51. The van der Waals surface area contributed by atoms with Gasteiger partial charge in [-0.25, -0.2) is 9.18 Å². The van der Waals surface area contributed by atoms with E-state index in [0.717, 1.165) is 23.5 Å². The number of halogens is 2. The van der Waals surface area contributed by atoms with Gasteiger partial charge in [0.2, 0.25) is 0 Å². The van der Waals surface area contributed by atoms with Crippen molar-refractivity contribution < 1.29 is 19.1 Å². The lowest BCUT2D eigenvalue weighted by Crippen LogP contribution is -2.11. The van der Waals surface area contributed by atoms with Crippen molar-refractivity contribution >= 4 is 46.6 Å². The number of aliphatic carboxylic acids is 1. The molecule has 2 rings (SSSR count). The van der Waals surface area contributed by atoms with Crippen molar-refractivity contribution in [3.8, 4) is 0 Å². The molecule has 7 heteroatoms. The number of carboxylic acid groups (broad SMARTS) is 1. The van der Waals surface area contributed by atoms with Crippen LogP contribution in [0.4, 0.5) is 10.1 Å². The number of carboxylic acids is 1. The molecule has 0 aliphatic heterocycles. The van der Waals surface area contributed by atoms with Crippen LogP contribution >= 0.6 is 22.9 Å². The summed E-state index contributed by atoms with van der Waals surface area (Å²) in [5.41, 5.74) is 0.748. The van der Waals surface area contributed by atoms with Crippen LogP contribution in [0.5, 0.6) is 0 Å². The minimum Gasteiger partial charge on any atom is -0.478 e. The van der Waals surface area contributed by atoms with Crippen molar-refractivity contribution in [3.05, 3.63) is 57.0 Å². The topological polar surface area (TPSA) is 66.4 Å². The first-order chi connectivity index (χ1) is 9.97. The zero-order valence-electron chi connectivity index (χ0n) is 10.5. The third-order valence-electron chi connectivity index (χ3n) is 2.48. The molecule has 0 fully saturated rings. The number of nitrogens with one attached hydrogen (secondary N) is 1. The molecular formula is C14H9ClFNO3S. The number of hydrogen-bond donors (Lipinski definition) is 2. The van der Waals surface area contributed by atoms with Gasteiger partial charge in [0.15, 0.2) is 0 Å². The van der Waals surface area contributed by atoms with Crippen molar-refractivity contribution in [1.29, 1.82) is 0 Å². The Morgan fingerprint density at radius 3 is 2.76 bits per heavy atom. The van der Waals surface area contributed by atoms with Crippen LogP contribution in [0.25, 0.3) is 6.08 Å². The number of carbonyl (C=O) groups is 2. The number of amides is 1. The van der Waals surface area contributed by atoms with Crippen LogP contribution < -0.4 is 5.32 Å². The summed E-state index contributed by atoms with van der Waals surface area (Å²) < 4.78 is 13.3. The first-order valence-corrected chi connectivity index (χ1v) is 6.98. The molecule has 2 aromatic rings. The van der Waals surface area contributed by atoms with E-state index in [2.05, 4.69) is 5.32 Å². The van der Waals surface area contributed by atoms with Crippen molar-refractivity contribution in [1.82, 2.24) is 0 Å². The van der Waals surface area contributed by atoms with Gasteiger partial charge >= 0.3 is 5.97 Å². The fraction of sp³-hybridized carbons (Fsp3) is 0. The van der Waals surface area contributed by atoms with Gasteiger partial charge in [-0.15, -0.1) is 11.3 Å². The van der Waals surface area contributed by atoms with Crippen LogP contribution in [0.2, 0.25) is 5.02 Å². The molecule has 0 atom stereocenters. The molecule has 0 aliphatic rings. The molecule has 0 saturated heterocycles. The Morgan fingerprint density at radius 1 is 1.33 bits per heavy atom. The highest BCUT2D eigenvalue weighted by Crippen LogP contribution is 2.22. The number of anilines is 1. The molecule has 0 radical (unpaired) electrons. The van der Waals surface area contributed by atoms with Gasteiger partial charge in [0.05, 0.1) is 9.90 Å². The summed E-state index contributed by atoms with van der Waals surface area (Å²) in [6.07, 6.45) is 2.27. The van der Waals surface area contributed by atoms with E-state index in [1.54, 1.807) is 11.4 Å². The van der Waals surface area contributed by atoms with E-state index in [9.17, 15) is 14.0 Å². The summed E-state index contributed by atoms with van der Waals surface area (Å²) in [5, 5.41) is 12.8. The Kier molecular flexibility index (Phi) is 4.72. The number of thiophene rings is 1. The van der Waals surface area contributed by atoms with E-state index < -0.39 is 17.7 Å². The predicted molar refractivity (Wildman–Crippen MR) is 80.4 cm³/mol. The normalized spacial score (nSPS) is 10.8. The molecule has 1 amide bonds. The molecule has 0 unspecified atom stereocenters. The Labute approximate surface area is 128 Å². The SMILES string of the molecule is O=C(O)C=Cc1ccsc1C(=O)Nc1ccc(Cl)c(F)c1. The van der Waals surface area contributed by atoms with E-state index in [-0.39, 0.29) is 10.7 Å². The predicted octanol–water partition coefficient (Wildman–Crippen LogP) is 3.89. The van der Waals surface area contributed by atoms with Gasteiger partial charge in [0, 0.05) is 11.8 Å². The first kappa shape index (κ1) is 15.2. The van der Waals surface area contributed by atoms with Crippen LogP contribution in [-0.4, -0.2) is 17.0 Å². The highest BCUT2D eigenvalue weighted by molar-refractivity contribution is 7.12. The van der Waals surface area contributed by atoms with Crippen LogP contribution in [0.3, 0.4) is 0 Å². The summed E-state index contributed by atoms with van der Waals surface area (Å²) in [6, 6.07) is 5.55. The van der Waals surface area contributed by atoms with E-state index in [4.69, 9.17) is 16.7 Å². The molecule has 21 heavy (non-hydrogen) atoms. The third kappa shape index (κ3) is 3.90. The van der Waals surface area contributed by atoms with Crippen LogP contribution in [0.15, 0.2) is 35.7 Å². The molecule has 1 aromatic heterocycles. The highest BCUT2D eigenvalue weighted by atomic mass is 35.5. The summed E-state index contributed by atoms with van der Waals surface area (Å²) in [7, 11) is 0. The fourth-order valence-electron chi connectivity index (χ4n) is 1.56. The number of benzene rings is 1. The second-order valence-corrected chi connectivity index (χ2v) is 5.28. The van der Waals surface area contributed by atoms with Crippen molar-refractivity contribution in [2.24, 2.45) is 0 Å².